The van der Waals surface area contributed by atoms with Crippen LogP contribution in [0.5, 0.6) is 0 Å². The summed E-state index contributed by atoms with van der Waals surface area (Å²) in [7, 11) is 0. The van der Waals surface area contributed by atoms with Crippen LogP contribution in [0.25, 0.3) is 50.1 Å². The van der Waals surface area contributed by atoms with Crippen molar-refractivity contribution in [3.8, 4) is 28.3 Å². The highest BCUT2D eigenvalue weighted by atomic mass is 15.2. The van der Waals surface area contributed by atoms with Gasteiger partial charge in [0.1, 0.15) is 5.82 Å². The van der Waals surface area contributed by atoms with Gasteiger partial charge in [-0.2, -0.15) is 0 Å². The molecule has 0 saturated carbocycles. The minimum absolute atomic E-state index is 0.248. The van der Waals surface area contributed by atoms with E-state index in [1.165, 1.54) is 49.7 Å². The maximum atomic E-state index is 5.28. The van der Waals surface area contributed by atoms with Crippen LogP contribution in [0.1, 0.15) is 49.9 Å². The van der Waals surface area contributed by atoms with Gasteiger partial charge in [-0.3, -0.25) is 14.9 Å². The summed E-state index contributed by atoms with van der Waals surface area (Å²) in [6.07, 6.45) is 3.67. The Morgan fingerprint density at radius 2 is 1.08 bits per heavy atom. The van der Waals surface area contributed by atoms with Gasteiger partial charge in [0.15, 0.2) is 0 Å². The summed E-state index contributed by atoms with van der Waals surface area (Å²) >= 11 is 0. The van der Waals surface area contributed by atoms with Crippen molar-refractivity contribution in [1.29, 1.82) is 0 Å². The van der Waals surface area contributed by atoms with Crippen molar-refractivity contribution in [3.05, 3.63) is 162 Å². The van der Waals surface area contributed by atoms with Crippen LogP contribution in [0, 0.1) is 0 Å². The largest absolute Gasteiger partial charge is 0.308 e. The summed E-state index contributed by atoms with van der Waals surface area (Å²) in [5, 5.41) is 2.66. The van der Waals surface area contributed by atoms with E-state index in [4.69, 9.17) is 4.98 Å². The van der Waals surface area contributed by atoms with Crippen molar-refractivity contribution in [2.75, 3.05) is 4.90 Å². The summed E-state index contributed by atoms with van der Waals surface area (Å²) in [5.74, 6) is 0.826. The molecule has 0 radical (unpaired) electrons. The predicted octanol–water partition coefficient (Wildman–Crippen LogP) is 11.1. The number of rotatable bonds is 5. The number of benzene rings is 4. The molecule has 10 rings (SSSR count). The van der Waals surface area contributed by atoms with Gasteiger partial charge in [-0.1, -0.05) is 94.4 Å². The Morgan fingerprint density at radius 3 is 1.70 bits per heavy atom. The lowest BCUT2D eigenvalue weighted by Crippen LogP contribution is -2.34. The van der Waals surface area contributed by atoms with Crippen LogP contribution < -0.4 is 4.90 Å². The number of fused-ring (bicyclic) bond motifs is 1. The van der Waals surface area contributed by atoms with E-state index < -0.39 is 0 Å². The maximum absolute atomic E-state index is 5.28. The molecule has 4 aromatic heterocycles. The quantitative estimate of drug-likeness (QED) is 0.187. The standard InChI is InChI=1S/C45H35N5/c1-44(2)33-17-10-15-31-32-16-11-18-34-42(32)50(41(31)33)43-35(44)26-30(27-36(43)45(34,3)4)49(29-14-9-13-28(25-29)37-19-5-7-23-46-37)40-22-12-21-39(48-40)38-20-6-8-24-47-38/h5-27H,1-4H3. The van der Waals surface area contributed by atoms with Gasteiger partial charge in [0.05, 0.1) is 33.8 Å². The molecule has 0 amide bonds. The van der Waals surface area contributed by atoms with Gasteiger partial charge in [-0.05, 0) is 82.9 Å². The molecule has 0 unspecified atom stereocenters. The number of aromatic nitrogens is 4. The zero-order valence-electron chi connectivity index (χ0n) is 28.5. The molecule has 240 valence electrons. The molecule has 5 heteroatoms. The molecule has 4 aromatic carbocycles. The van der Waals surface area contributed by atoms with E-state index in [-0.39, 0.29) is 10.8 Å². The molecule has 8 aromatic rings. The smallest absolute Gasteiger partial charge is 0.138 e. The van der Waals surface area contributed by atoms with E-state index in [1.54, 1.807) is 0 Å². The van der Waals surface area contributed by atoms with Crippen molar-refractivity contribution >= 4 is 39.0 Å². The summed E-state index contributed by atoms with van der Waals surface area (Å²) in [5.41, 5.74) is 14.6. The lowest BCUT2D eigenvalue weighted by atomic mass is 9.68. The third-order valence-corrected chi connectivity index (χ3v) is 11.0. The van der Waals surface area contributed by atoms with Gasteiger partial charge in [-0.25, -0.2) is 4.98 Å². The predicted molar refractivity (Wildman–Crippen MR) is 204 cm³/mol. The first-order chi connectivity index (χ1) is 24.3. The fourth-order valence-corrected chi connectivity index (χ4v) is 8.54. The average molecular weight is 646 g/mol. The number of hydrogen-bond acceptors (Lipinski definition) is 4. The minimum atomic E-state index is -0.248. The normalized spacial score (nSPS) is 14.7. The second kappa shape index (κ2) is 10.2. The van der Waals surface area contributed by atoms with Crippen LogP contribution in [0.3, 0.4) is 0 Å². The van der Waals surface area contributed by atoms with Crippen LogP contribution in [-0.2, 0) is 10.8 Å². The molecule has 0 atom stereocenters. The lowest BCUT2D eigenvalue weighted by molar-refractivity contribution is 0.594. The molecule has 0 aliphatic carbocycles. The molecule has 2 aliphatic rings. The third kappa shape index (κ3) is 3.92. The Bertz CT molecular complexity index is 2470. The van der Waals surface area contributed by atoms with Crippen LogP contribution in [0.15, 0.2) is 140 Å². The van der Waals surface area contributed by atoms with E-state index in [0.29, 0.717) is 0 Å². The highest BCUT2D eigenvalue weighted by molar-refractivity contribution is 6.14. The number of nitrogens with zero attached hydrogens (tertiary/aromatic N) is 5. The number of hydrogen-bond donors (Lipinski definition) is 0. The number of anilines is 3. The fourth-order valence-electron chi connectivity index (χ4n) is 8.54. The van der Waals surface area contributed by atoms with Gasteiger partial charge in [-0.15, -0.1) is 0 Å². The van der Waals surface area contributed by atoms with Gasteiger partial charge in [0.2, 0.25) is 0 Å². The van der Waals surface area contributed by atoms with Crippen molar-refractivity contribution in [2.45, 2.75) is 38.5 Å². The van der Waals surface area contributed by atoms with Crippen LogP contribution in [-0.4, -0.2) is 19.5 Å². The summed E-state index contributed by atoms with van der Waals surface area (Å²) in [6, 6.07) is 45.4. The lowest BCUT2D eigenvalue weighted by Gasteiger charge is -2.43. The summed E-state index contributed by atoms with van der Waals surface area (Å²) in [6.45, 7) is 9.54. The maximum Gasteiger partial charge on any atom is 0.138 e. The Labute approximate surface area is 291 Å². The molecule has 0 saturated heterocycles. The fraction of sp³-hybridized carbons (Fsp3) is 0.133. The van der Waals surface area contributed by atoms with E-state index in [1.807, 2.05) is 48.8 Å². The molecule has 5 nitrogen and oxygen atoms in total. The van der Waals surface area contributed by atoms with Crippen LogP contribution >= 0.6 is 0 Å². The van der Waals surface area contributed by atoms with Crippen LogP contribution in [0.4, 0.5) is 17.2 Å². The molecule has 50 heavy (non-hydrogen) atoms. The molecule has 0 spiro atoms. The first kappa shape index (κ1) is 28.9. The van der Waals surface area contributed by atoms with Crippen molar-refractivity contribution in [3.63, 3.8) is 0 Å². The van der Waals surface area contributed by atoms with E-state index in [0.717, 1.165) is 39.8 Å². The first-order valence-corrected chi connectivity index (χ1v) is 17.3. The van der Waals surface area contributed by atoms with Crippen molar-refractivity contribution in [1.82, 2.24) is 19.5 Å². The summed E-state index contributed by atoms with van der Waals surface area (Å²) < 4.78 is 2.58. The zero-order chi connectivity index (χ0) is 33.8. The molecule has 6 heterocycles. The highest BCUT2D eigenvalue weighted by Gasteiger charge is 2.44. The highest BCUT2D eigenvalue weighted by Crippen LogP contribution is 2.56. The Balaban J connectivity index is 1.28. The number of para-hydroxylation sites is 2. The van der Waals surface area contributed by atoms with Crippen LogP contribution in [0.2, 0.25) is 0 Å². The Morgan fingerprint density at radius 1 is 0.500 bits per heavy atom. The van der Waals surface area contributed by atoms with E-state index >= 15 is 0 Å². The average Bonchev–Trinajstić information content (AvgIpc) is 3.49. The minimum Gasteiger partial charge on any atom is -0.308 e. The molecular weight excluding hydrogens is 611 g/mol. The third-order valence-electron chi connectivity index (χ3n) is 11.0. The van der Waals surface area contributed by atoms with Gasteiger partial charge in [0.25, 0.3) is 0 Å². The molecule has 2 aliphatic heterocycles. The molecule has 0 fully saturated rings. The summed E-state index contributed by atoms with van der Waals surface area (Å²) in [4.78, 5) is 16.9. The van der Waals surface area contributed by atoms with Gasteiger partial charge in [0, 0.05) is 50.9 Å². The van der Waals surface area contributed by atoms with E-state index in [2.05, 4.69) is 138 Å². The first-order valence-electron chi connectivity index (χ1n) is 17.3. The van der Waals surface area contributed by atoms with Gasteiger partial charge < -0.3 is 4.57 Å². The topological polar surface area (TPSA) is 46.8 Å². The van der Waals surface area contributed by atoms with Crippen molar-refractivity contribution < 1.29 is 0 Å². The monoisotopic (exact) mass is 645 g/mol. The van der Waals surface area contributed by atoms with Gasteiger partial charge >= 0.3 is 0 Å². The second-order valence-electron chi connectivity index (χ2n) is 14.6. The number of pyridine rings is 3. The zero-order valence-corrected chi connectivity index (χ0v) is 28.5. The Hall–Kier alpha value is -6.07. The second-order valence-corrected chi connectivity index (χ2v) is 14.6. The molecule has 0 N–H and O–H groups in total. The molecular formula is C45H35N5. The Kier molecular flexibility index (Phi) is 5.91. The molecule has 0 bridgehead atoms. The van der Waals surface area contributed by atoms with Crippen molar-refractivity contribution in [2.24, 2.45) is 0 Å². The SMILES string of the molecule is CC1(C)c2cc(N(c3cccc(-c4ccccn4)c3)c3cccc(-c4ccccn4)n3)cc3c2-n2c4c1cccc4c1cccc(c12)C3(C)C. The van der Waals surface area contributed by atoms with E-state index in [9.17, 15) is 0 Å².